The van der Waals surface area contributed by atoms with E-state index < -0.39 is 96.2 Å². The Hall–Kier alpha value is -3.93. The molecule has 2 saturated heterocycles. The van der Waals surface area contributed by atoms with Crippen LogP contribution in [0.5, 0.6) is 0 Å². The number of hydrogen-bond acceptors (Lipinski definition) is 18. The van der Waals surface area contributed by atoms with E-state index in [4.69, 9.17) is 52.1 Å². The molecule has 1 aliphatic carbocycles. The molecule has 0 aromatic carbocycles. The number of carbonyl (C=O) groups is 5. The molecule has 0 spiro atoms. The number of cyclic esters (lactones) is 1. The highest BCUT2D eigenvalue weighted by molar-refractivity contribution is 6.39. The van der Waals surface area contributed by atoms with E-state index in [0.29, 0.717) is 109 Å². The maximum Gasteiger partial charge on any atom is 0.407 e. The van der Waals surface area contributed by atoms with Gasteiger partial charge in [0.25, 0.3) is 11.7 Å². The molecular formula is C62H102N2O18. The number of aliphatic hydroxyl groups excluding tert-OH is 1. The van der Waals surface area contributed by atoms with E-state index in [9.17, 15) is 34.2 Å². The van der Waals surface area contributed by atoms with E-state index in [0.717, 1.165) is 5.57 Å². The van der Waals surface area contributed by atoms with Gasteiger partial charge in [-0.1, -0.05) is 71.1 Å². The number of allylic oxidation sites excluding steroid dienone is 5. The number of piperidine rings is 1. The number of esters is 1. The molecule has 3 N–H and O–H groups in total. The van der Waals surface area contributed by atoms with Gasteiger partial charge in [-0.3, -0.25) is 14.4 Å². The molecule has 0 radical (unpaired) electrons. The molecule has 16 atom stereocenters. The van der Waals surface area contributed by atoms with E-state index >= 15 is 0 Å². The predicted molar refractivity (Wildman–Crippen MR) is 308 cm³/mol. The van der Waals surface area contributed by atoms with Gasteiger partial charge in [-0.05, 0) is 107 Å². The number of nitrogens with one attached hydrogen (secondary N) is 1. The number of rotatable bonds is 20. The Morgan fingerprint density at radius 1 is 0.756 bits per heavy atom. The average molecular weight is 1160 g/mol. The molecule has 3 aliphatic heterocycles. The fraction of sp³-hybridized carbons (Fsp3) is 0.790. The average Bonchev–Trinajstić information content (AvgIpc) is 2.98. The van der Waals surface area contributed by atoms with Crippen molar-refractivity contribution >= 4 is 29.5 Å². The molecule has 0 aromatic heterocycles. The lowest BCUT2D eigenvalue weighted by atomic mass is 9.78. The van der Waals surface area contributed by atoms with Gasteiger partial charge in [0.15, 0.2) is 5.78 Å². The smallest absolute Gasteiger partial charge is 0.407 e. The Bertz CT molecular complexity index is 2080. The zero-order valence-corrected chi connectivity index (χ0v) is 51.3. The van der Waals surface area contributed by atoms with E-state index in [1.54, 1.807) is 35.4 Å². The summed E-state index contributed by atoms with van der Waals surface area (Å²) in [6.45, 7) is 16.5. The van der Waals surface area contributed by atoms with E-state index in [-0.39, 0.29) is 62.0 Å². The zero-order valence-electron chi connectivity index (χ0n) is 51.3. The van der Waals surface area contributed by atoms with Gasteiger partial charge in [0, 0.05) is 79.2 Å². The normalized spacial score (nSPS) is 35.3. The van der Waals surface area contributed by atoms with Crippen molar-refractivity contribution in [1.82, 2.24) is 10.2 Å². The second-order valence-corrected chi connectivity index (χ2v) is 23.1. The third kappa shape index (κ3) is 21.9. The molecule has 4 rings (SSSR count). The van der Waals surface area contributed by atoms with Crippen molar-refractivity contribution in [3.63, 3.8) is 0 Å². The van der Waals surface area contributed by atoms with Crippen LogP contribution in [-0.4, -0.2) is 200 Å². The minimum Gasteiger partial charge on any atom is -0.460 e. The summed E-state index contributed by atoms with van der Waals surface area (Å²) in [4.78, 5) is 71.7. The molecule has 0 aromatic rings. The number of alkyl carbamates (subject to hydrolysis) is 1. The number of amides is 2. The first kappa shape index (κ1) is 70.6. The van der Waals surface area contributed by atoms with Gasteiger partial charge in [0.1, 0.15) is 30.5 Å². The molecule has 2 bridgehead atoms. The van der Waals surface area contributed by atoms with Gasteiger partial charge in [0.05, 0.1) is 70.7 Å². The summed E-state index contributed by atoms with van der Waals surface area (Å²) >= 11 is 0. The van der Waals surface area contributed by atoms with Gasteiger partial charge >= 0.3 is 12.1 Å². The molecule has 0 unspecified atom stereocenters. The molecule has 4 aliphatic rings. The first-order valence-corrected chi connectivity index (χ1v) is 29.9. The Morgan fingerprint density at radius 2 is 1.44 bits per heavy atom. The Balaban J connectivity index is 1.57. The highest BCUT2D eigenvalue weighted by Crippen LogP contribution is 2.38. The van der Waals surface area contributed by atoms with Gasteiger partial charge < -0.3 is 72.5 Å². The summed E-state index contributed by atoms with van der Waals surface area (Å²) in [6, 6.07) is -1.12. The highest BCUT2D eigenvalue weighted by atomic mass is 16.6. The Labute approximate surface area is 488 Å². The lowest BCUT2D eigenvalue weighted by Crippen LogP contribution is -2.61. The van der Waals surface area contributed by atoms with Crippen LogP contribution in [0.1, 0.15) is 126 Å². The van der Waals surface area contributed by atoms with Crippen molar-refractivity contribution in [3.8, 4) is 0 Å². The largest absolute Gasteiger partial charge is 0.460 e. The van der Waals surface area contributed by atoms with Crippen LogP contribution in [0.15, 0.2) is 47.6 Å². The standard InChI is InChI=1S/C62H102N2O18/c1-40-18-14-13-15-19-41(2)51(73-9)38-48-23-21-46(7)62(71,82-48)58(67)59(68)64-26-17-16-20-49(64)60(69)80-53(39-52(74-10)42(3)35-45(6)57(76-12)56(66)55(65)44(5)34-40)43(4)36-47-22-24-50(54(37-47)75-11)81-61(70)63-25-27-77-30-31-79-33-32-78-29-28-72-8/h13-15,18-19,35,40,42-44,46-54,56-57,66,71H,16-17,20-34,36-39H2,1-12H3,(H,63,70)/b15-13+,18-14+,41-19+,45-35+/t40-,42-,43-,44-,46-,47+,48+,49+,50-,51+,52-,53+,54-,56+,57-,62-/m1/s1. The number of aliphatic hydroxyl groups is 2. The quantitative estimate of drug-likeness (QED) is 0.0478. The summed E-state index contributed by atoms with van der Waals surface area (Å²) in [7, 11) is 7.83. The van der Waals surface area contributed by atoms with Gasteiger partial charge in [-0.25, -0.2) is 9.59 Å². The van der Waals surface area contributed by atoms with Crippen molar-refractivity contribution in [2.24, 2.45) is 35.5 Å². The molecule has 2 amide bonds. The van der Waals surface area contributed by atoms with E-state index in [1.165, 1.54) is 12.0 Å². The topological polar surface area (TPSA) is 243 Å². The fourth-order valence-corrected chi connectivity index (χ4v) is 11.8. The van der Waals surface area contributed by atoms with Crippen LogP contribution in [-0.2, 0) is 71.3 Å². The molecule has 468 valence electrons. The fourth-order valence-electron chi connectivity index (χ4n) is 11.8. The van der Waals surface area contributed by atoms with Crippen LogP contribution in [0.3, 0.4) is 0 Å². The summed E-state index contributed by atoms with van der Waals surface area (Å²) in [6.07, 6.45) is 11.1. The molecule has 3 fully saturated rings. The molecule has 20 heteroatoms. The summed E-state index contributed by atoms with van der Waals surface area (Å²) < 4.78 is 63.8. The third-order valence-electron chi connectivity index (χ3n) is 16.9. The molecule has 20 nitrogen and oxygen atoms in total. The minimum atomic E-state index is -2.44. The van der Waals surface area contributed by atoms with Crippen LogP contribution in [0.25, 0.3) is 0 Å². The number of ketones is 2. The Morgan fingerprint density at radius 3 is 2.10 bits per heavy atom. The maximum absolute atomic E-state index is 14.8. The van der Waals surface area contributed by atoms with Crippen molar-refractivity contribution in [1.29, 1.82) is 0 Å². The van der Waals surface area contributed by atoms with Crippen LogP contribution < -0.4 is 5.32 Å². The summed E-state index contributed by atoms with van der Waals surface area (Å²) in [5.41, 5.74) is 1.50. The molecular weight excluding hydrogens is 1060 g/mol. The van der Waals surface area contributed by atoms with Crippen molar-refractivity contribution < 1.29 is 86.3 Å². The van der Waals surface area contributed by atoms with Crippen molar-refractivity contribution in [2.75, 3.05) is 94.9 Å². The highest BCUT2D eigenvalue weighted by Gasteiger charge is 2.53. The third-order valence-corrected chi connectivity index (χ3v) is 16.9. The molecule has 1 saturated carbocycles. The first-order chi connectivity index (χ1) is 39.2. The summed E-state index contributed by atoms with van der Waals surface area (Å²) in [5.74, 6) is -7.28. The second-order valence-electron chi connectivity index (χ2n) is 23.1. The molecule has 3 heterocycles. The van der Waals surface area contributed by atoms with Crippen LogP contribution in [0.4, 0.5) is 4.79 Å². The minimum absolute atomic E-state index is 0.00867. The van der Waals surface area contributed by atoms with E-state index in [1.807, 2.05) is 78.0 Å². The van der Waals surface area contributed by atoms with E-state index in [2.05, 4.69) is 5.32 Å². The van der Waals surface area contributed by atoms with Crippen LogP contribution in [0.2, 0.25) is 0 Å². The SMILES string of the molecule is COCCOCCOCCOCCNC(=O)O[C@@H]1CC[C@@H](C[C@@H](C)[C@@H]2C[C@@H](OC)[C@H](C)/C=C(\C)[C@@H](OC)[C@@H](O)C(=O)[C@H](C)C[C@H](C)/C=C/C=C/C=C(\C)[C@@H](OC)C[C@@H]3CC[C@@H](C)[C@@](O)(O3)C(=O)C(=O)N3CCCC[C@H]3C(=O)O2)C[C@H]1OC. The van der Waals surface area contributed by atoms with Crippen LogP contribution in [0, 0.1) is 35.5 Å². The number of ether oxygens (including phenoxy) is 11. The van der Waals surface area contributed by atoms with Gasteiger partial charge in [-0.15, -0.1) is 0 Å². The first-order valence-electron chi connectivity index (χ1n) is 29.9. The molecule has 82 heavy (non-hydrogen) atoms. The van der Waals surface area contributed by atoms with Crippen LogP contribution >= 0.6 is 0 Å². The zero-order chi connectivity index (χ0) is 60.4. The number of methoxy groups -OCH3 is 5. The lowest BCUT2D eigenvalue weighted by Gasteiger charge is -2.43. The van der Waals surface area contributed by atoms with Gasteiger partial charge in [-0.2, -0.15) is 0 Å². The van der Waals surface area contributed by atoms with Gasteiger partial charge in [0.2, 0.25) is 5.79 Å². The monoisotopic (exact) mass is 1160 g/mol. The number of nitrogens with zero attached hydrogens (tertiary/aromatic N) is 1. The van der Waals surface area contributed by atoms with Crippen molar-refractivity contribution in [3.05, 3.63) is 47.6 Å². The number of hydrogen-bond donors (Lipinski definition) is 3. The lowest BCUT2D eigenvalue weighted by molar-refractivity contribution is -0.265. The second kappa shape index (κ2) is 36.8. The predicted octanol–water partition coefficient (Wildman–Crippen LogP) is 7.06. The number of Topliss-reactive ketones (excluding diaryl/α,β-unsaturated/α-hetero) is 2. The number of carbonyl (C=O) groups excluding carboxylic acids is 5. The Kier molecular flexibility index (Phi) is 31.7. The number of fused-ring (bicyclic) bond motifs is 3. The maximum atomic E-state index is 14.8. The van der Waals surface area contributed by atoms with Crippen molar-refractivity contribution in [2.45, 2.75) is 186 Å². The summed E-state index contributed by atoms with van der Waals surface area (Å²) in [5, 5.41) is 26.4.